The molecule has 2 aromatic rings. The van der Waals surface area contributed by atoms with Crippen LogP contribution in [-0.2, 0) is 14.3 Å². The lowest BCUT2D eigenvalue weighted by molar-refractivity contribution is -0.128. The number of rotatable bonds is 6. The molecule has 2 aliphatic heterocycles. The van der Waals surface area contributed by atoms with Crippen molar-refractivity contribution in [1.29, 1.82) is 0 Å². The van der Waals surface area contributed by atoms with Crippen molar-refractivity contribution < 1.29 is 19.0 Å². The summed E-state index contributed by atoms with van der Waals surface area (Å²) in [5.41, 5.74) is 0.982. The lowest BCUT2D eigenvalue weighted by atomic mass is 10.2. The van der Waals surface area contributed by atoms with Gasteiger partial charge in [-0.25, -0.2) is 9.97 Å². The monoisotopic (exact) mass is 410 g/mol. The van der Waals surface area contributed by atoms with Crippen LogP contribution in [0.3, 0.4) is 0 Å². The van der Waals surface area contributed by atoms with Crippen molar-refractivity contribution in [2.75, 3.05) is 30.5 Å². The highest BCUT2D eigenvalue weighted by Crippen LogP contribution is 2.40. The maximum Gasteiger partial charge on any atom is 0.256 e. The van der Waals surface area contributed by atoms with Gasteiger partial charge in [-0.3, -0.25) is 4.79 Å². The van der Waals surface area contributed by atoms with Gasteiger partial charge >= 0.3 is 0 Å². The topological polar surface area (TPSA) is 85.8 Å². The van der Waals surface area contributed by atoms with E-state index >= 15 is 0 Å². The van der Waals surface area contributed by atoms with Crippen LogP contribution in [0.25, 0.3) is 0 Å². The Labute approximate surface area is 175 Å². The number of morpholine rings is 1. The van der Waals surface area contributed by atoms with Crippen LogP contribution in [0.4, 0.5) is 11.6 Å². The number of benzene rings is 1. The number of carbonyl (C=O) groups excluding carboxylic acids is 1. The zero-order chi connectivity index (χ0) is 20.7. The van der Waals surface area contributed by atoms with E-state index in [4.69, 9.17) is 14.2 Å². The molecule has 2 unspecified atom stereocenters. The number of anilines is 2. The van der Waals surface area contributed by atoms with Gasteiger partial charge in [0.05, 0.1) is 37.7 Å². The Hall–Kier alpha value is -2.71. The summed E-state index contributed by atoms with van der Waals surface area (Å²) in [6.45, 7) is 3.42. The van der Waals surface area contributed by atoms with Crippen LogP contribution in [0, 0.1) is 6.92 Å². The highest BCUT2D eigenvalue weighted by molar-refractivity contribution is 5.99. The summed E-state index contributed by atoms with van der Waals surface area (Å²) in [5.74, 6) is 1.92. The van der Waals surface area contributed by atoms with Crippen molar-refractivity contribution in [1.82, 2.24) is 9.97 Å². The predicted octanol–water partition coefficient (Wildman–Crippen LogP) is 3.06. The number of amides is 1. The van der Waals surface area contributed by atoms with Gasteiger partial charge in [0, 0.05) is 12.8 Å². The first-order valence-electron chi connectivity index (χ1n) is 10.4. The van der Waals surface area contributed by atoms with Crippen molar-refractivity contribution in [3.8, 4) is 11.5 Å². The van der Waals surface area contributed by atoms with Crippen molar-refractivity contribution in [2.45, 2.75) is 50.3 Å². The number of aryl methyl sites for hydroxylation is 1. The number of methoxy groups -OCH3 is 1. The van der Waals surface area contributed by atoms with E-state index in [0.29, 0.717) is 23.6 Å². The van der Waals surface area contributed by atoms with Gasteiger partial charge in [-0.15, -0.1) is 0 Å². The SMILES string of the molecule is COC1(C(=O)Nc2ccc(Oc3cnc(N4C5CCC4COC5)nc3)c(C)c2)CC1. The summed E-state index contributed by atoms with van der Waals surface area (Å²) >= 11 is 0. The predicted molar refractivity (Wildman–Crippen MR) is 111 cm³/mol. The van der Waals surface area contributed by atoms with E-state index in [-0.39, 0.29) is 5.91 Å². The van der Waals surface area contributed by atoms with Gasteiger partial charge in [0.15, 0.2) is 5.75 Å². The number of hydrogen-bond acceptors (Lipinski definition) is 7. The molecule has 2 bridgehead atoms. The standard InChI is InChI=1S/C22H26N4O4/c1-14-9-15(25-20(27)22(28-2)7-8-22)3-6-19(14)30-18-10-23-21(24-11-18)26-16-4-5-17(26)13-29-12-16/h3,6,9-11,16-17H,4-5,7-8,12-13H2,1-2H3,(H,25,27). The Morgan fingerprint density at radius 3 is 2.50 bits per heavy atom. The number of ether oxygens (including phenoxy) is 3. The second-order valence-electron chi connectivity index (χ2n) is 8.28. The average Bonchev–Trinajstić information content (AvgIpc) is 3.52. The van der Waals surface area contributed by atoms with Crippen LogP contribution in [0.1, 0.15) is 31.2 Å². The average molecular weight is 410 g/mol. The minimum absolute atomic E-state index is 0.0980. The second-order valence-corrected chi connectivity index (χ2v) is 8.28. The maximum atomic E-state index is 12.3. The molecule has 1 aliphatic carbocycles. The molecule has 3 heterocycles. The fraction of sp³-hybridized carbons (Fsp3) is 0.500. The van der Waals surface area contributed by atoms with Crippen LogP contribution < -0.4 is 15.0 Å². The van der Waals surface area contributed by atoms with Gasteiger partial charge < -0.3 is 24.4 Å². The number of fused-ring (bicyclic) bond motifs is 2. The fourth-order valence-corrected chi connectivity index (χ4v) is 4.30. The highest BCUT2D eigenvalue weighted by atomic mass is 16.5. The Morgan fingerprint density at radius 1 is 1.20 bits per heavy atom. The Balaban J connectivity index is 1.25. The summed E-state index contributed by atoms with van der Waals surface area (Å²) < 4.78 is 16.9. The summed E-state index contributed by atoms with van der Waals surface area (Å²) in [4.78, 5) is 23.7. The number of carbonyl (C=O) groups is 1. The van der Waals surface area contributed by atoms with Crippen LogP contribution in [0.2, 0.25) is 0 Å². The number of nitrogens with zero attached hydrogens (tertiary/aromatic N) is 3. The van der Waals surface area contributed by atoms with Crippen molar-refractivity contribution in [3.63, 3.8) is 0 Å². The van der Waals surface area contributed by atoms with Crippen molar-refractivity contribution in [2.24, 2.45) is 0 Å². The minimum atomic E-state index is -0.651. The maximum absolute atomic E-state index is 12.3. The molecule has 2 saturated heterocycles. The molecule has 8 heteroatoms. The number of hydrogen-bond donors (Lipinski definition) is 1. The summed E-state index contributed by atoms with van der Waals surface area (Å²) in [6.07, 6.45) is 7.19. The van der Waals surface area contributed by atoms with Crippen LogP contribution >= 0.6 is 0 Å². The zero-order valence-corrected chi connectivity index (χ0v) is 17.3. The normalized spacial score (nSPS) is 23.9. The molecular formula is C22H26N4O4. The van der Waals surface area contributed by atoms with E-state index < -0.39 is 5.60 Å². The molecule has 1 saturated carbocycles. The summed E-state index contributed by atoms with van der Waals surface area (Å²) in [5, 5.41) is 2.93. The molecule has 3 aliphatic rings. The van der Waals surface area contributed by atoms with E-state index in [9.17, 15) is 4.79 Å². The van der Waals surface area contributed by atoms with E-state index in [2.05, 4.69) is 20.2 Å². The number of aromatic nitrogens is 2. The quantitative estimate of drug-likeness (QED) is 0.783. The fourth-order valence-electron chi connectivity index (χ4n) is 4.30. The van der Waals surface area contributed by atoms with Gasteiger partial charge in [0.1, 0.15) is 11.4 Å². The van der Waals surface area contributed by atoms with Gasteiger partial charge in [0.2, 0.25) is 5.95 Å². The Bertz CT molecular complexity index is 929. The van der Waals surface area contributed by atoms with Crippen LogP contribution in [0.15, 0.2) is 30.6 Å². The molecule has 30 heavy (non-hydrogen) atoms. The van der Waals surface area contributed by atoms with E-state index in [1.54, 1.807) is 19.5 Å². The Kier molecular flexibility index (Phi) is 4.83. The third kappa shape index (κ3) is 3.50. The van der Waals surface area contributed by atoms with Gasteiger partial charge in [0.25, 0.3) is 5.91 Å². The summed E-state index contributed by atoms with van der Waals surface area (Å²) in [7, 11) is 1.58. The highest BCUT2D eigenvalue weighted by Gasteiger charge is 2.50. The van der Waals surface area contributed by atoms with E-state index in [1.165, 1.54) is 0 Å². The minimum Gasteiger partial charge on any atom is -0.454 e. The first kappa shape index (κ1) is 19.3. The molecule has 0 radical (unpaired) electrons. The lowest BCUT2D eigenvalue weighted by Gasteiger charge is -2.34. The molecule has 5 rings (SSSR count). The van der Waals surface area contributed by atoms with E-state index in [1.807, 2.05) is 25.1 Å². The van der Waals surface area contributed by atoms with Crippen LogP contribution in [-0.4, -0.2) is 53.9 Å². The first-order chi connectivity index (χ1) is 14.6. The lowest BCUT2D eigenvalue weighted by Crippen LogP contribution is -2.46. The Morgan fingerprint density at radius 2 is 1.90 bits per heavy atom. The van der Waals surface area contributed by atoms with Gasteiger partial charge in [-0.05, 0) is 56.4 Å². The molecule has 8 nitrogen and oxygen atoms in total. The molecule has 0 spiro atoms. The molecule has 2 atom stereocenters. The smallest absolute Gasteiger partial charge is 0.256 e. The van der Waals surface area contributed by atoms with Gasteiger partial charge in [-0.1, -0.05) is 0 Å². The van der Waals surface area contributed by atoms with Crippen molar-refractivity contribution >= 4 is 17.5 Å². The molecule has 158 valence electrons. The largest absolute Gasteiger partial charge is 0.454 e. The zero-order valence-electron chi connectivity index (χ0n) is 17.3. The molecule has 1 amide bonds. The van der Waals surface area contributed by atoms with Gasteiger partial charge in [-0.2, -0.15) is 0 Å². The third-order valence-electron chi connectivity index (χ3n) is 6.26. The molecule has 1 aromatic heterocycles. The molecule has 3 fully saturated rings. The molecular weight excluding hydrogens is 384 g/mol. The molecule has 1 N–H and O–H groups in total. The summed E-state index contributed by atoms with van der Waals surface area (Å²) in [6, 6.07) is 6.29. The van der Waals surface area contributed by atoms with E-state index in [0.717, 1.165) is 56.1 Å². The molecule has 1 aromatic carbocycles. The van der Waals surface area contributed by atoms with Crippen molar-refractivity contribution in [3.05, 3.63) is 36.2 Å². The third-order valence-corrected chi connectivity index (χ3v) is 6.26. The van der Waals surface area contributed by atoms with Crippen LogP contribution in [0.5, 0.6) is 11.5 Å². The second kappa shape index (κ2) is 7.52. The first-order valence-corrected chi connectivity index (χ1v) is 10.4. The number of nitrogens with one attached hydrogen (secondary N) is 1.